The zero-order chi connectivity index (χ0) is 11.8. The molecule has 3 nitrogen and oxygen atoms in total. The highest BCUT2D eigenvalue weighted by Crippen LogP contribution is 2.24. The maximum absolute atomic E-state index is 11.5. The van der Waals surface area contributed by atoms with Crippen LogP contribution in [0.1, 0.15) is 51.9 Å². The summed E-state index contributed by atoms with van der Waals surface area (Å²) in [5, 5.41) is 3.37. The van der Waals surface area contributed by atoms with Gasteiger partial charge in [-0.15, -0.1) is 0 Å². The van der Waals surface area contributed by atoms with E-state index >= 15 is 0 Å². The molecule has 0 aromatic heterocycles. The first-order valence-corrected chi connectivity index (χ1v) is 6.59. The molecule has 1 fully saturated rings. The van der Waals surface area contributed by atoms with Gasteiger partial charge in [0.2, 0.25) is 0 Å². The summed E-state index contributed by atoms with van der Waals surface area (Å²) in [6.07, 6.45) is 8.43. The van der Waals surface area contributed by atoms with Gasteiger partial charge in [0.25, 0.3) is 0 Å². The van der Waals surface area contributed by atoms with Gasteiger partial charge in [0.1, 0.15) is 6.04 Å². The Morgan fingerprint density at radius 1 is 1.44 bits per heavy atom. The van der Waals surface area contributed by atoms with Gasteiger partial charge in [-0.05, 0) is 31.7 Å². The molecule has 0 aromatic rings. The Balaban J connectivity index is 2.27. The average molecular weight is 227 g/mol. The number of hydrogen-bond donors (Lipinski definition) is 1. The Labute approximate surface area is 98.9 Å². The minimum absolute atomic E-state index is 0.0921. The van der Waals surface area contributed by atoms with Crippen molar-refractivity contribution in [1.29, 1.82) is 0 Å². The van der Waals surface area contributed by atoms with E-state index < -0.39 is 0 Å². The van der Waals surface area contributed by atoms with Crippen molar-refractivity contribution in [2.24, 2.45) is 5.92 Å². The van der Waals surface area contributed by atoms with Crippen LogP contribution in [0, 0.1) is 5.92 Å². The molecule has 3 heteroatoms. The second kappa shape index (κ2) is 7.66. The van der Waals surface area contributed by atoms with E-state index in [1.54, 1.807) is 0 Å². The molecule has 0 aliphatic heterocycles. The van der Waals surface area contributed by atoms with E-state index in [1.165, 1.54) is 32.8 Å². The van der Waals surface area contributed by atoms with Crippen LogP contribution >= 0.6 is 0 Å². The van der Waals surface area contributed by atoms with Crippen LogP contribution in [0.3, 0.4) is 0 Å². The third kappa shape index (κ3) is 4.52. The van der Waals surface area contributed by atoms with Crippen molar-refractivity contribution in [3.8, 4) is 0 Å². The maximum atomic E-state index is 11.5. The van der Waals surface area contributed by atoms with Crippen LogP contribution in [0.5, 0.6) is 0 Å². The average Bonchev–Trinajstić information content (AvgIpc) is 2.81. The zero-order valence-electron chi connectivity index (χ0n) is 10.6. The lowest BCUT2D eigenvalue weighted by molar-refractivity contribution is -0.143. The Kier molecular flexibility index (Phi) is 6.46. The third-order valence-electron chi connectivity index (χ3n) is 3.46. The highest BCUT2D eigenvalue weighted by Gasteiger charge is 2.21. The van der Waals surface area contributed by atoms with Crippen LogP contribution in [0.25, 0.3) is 0 Å². The molecule has 1 rings (SSSR count). The van der Waals surface area contributed by atoms with Gasteiger partial charge in [-0.3, -0.25) is 4.79 Å². The van der Waals surface area contributed by atoms with Gasteiger partial charge >= 0.3 is 5.97 Å². The third-order valence-corrected chi connectivity index (χ3v) is 3.46. The summed E-state index contributed by atoms with van der Waals surface area (Å²) in [6, 6.07) is -0.0921. The van der Waals surface area contributed by atoms with E-state index in [0.717, 1.165) is 31.7 Å². The first-order chi connectivity index (χ1) is 7.77. The monoisotopic (exact) mass is 227 g/mol. The number of rotatable bonds is 7. The molecule has 16 heavy (non-hydrogen) atoms. The molecule has 1 unspecified atom stereocenters. The van der Waals surface area contributed by atoms with Crippen LogP contribution in [0.4, 0.5) is 0 Å². The summed E-state index contributed by atoms with van der Waals surface area (Å²) < 4.78 is 4.82. The predicted octanol–water partition coefficient (Wildman–Crippen LogP) is 2.50. The fourth-order valence-corrected chi connectivity index (χ4v) is 2.38. The number of carbonyl (C=O) groups is 1. The smallest absolute Gasteiger partial charge is 0.322 e. The molecule has 1 N–H and O–H groups in total. The molecule has 1 atom stereocenters. The van der Waals surface area contributed by atoms with E-state index in [1.807, 2.05) is 0 Å². The van der Waals surface area contributed by atoms with E-state index in [4.69, 9.17) is 4.74 Å². The minimum Gasteiger partial charge on any atom is -0.468 e. The Morgan fingerprint density at radius 3 is 2.69 bits per heavy atom. The number of carbonyl (C=O) groups excluding carboxylic acids is 1. The summed E-state index contributed by atoms with van der Waals surface area (Å²) in [5.74, 6) is 0.667. The highest BCUT2D eigenvalue weighted by atomic mass is 16.5. The van der Waals surface area contributed by atoms with Crippen molar-refractivity contribution in [2.45, 2.75) is 57.9 Å². The molecule has 0 saturated heterocycles. The van der Waals surface area contributed by atoms with E-state index in [0.29, 0.717) is 0 Å². The SMILES string of the molecule is CCCCC(NCC1CCCC1)C(=O)OC. The quantitative estimate of drug-likeness (QED) is 0.679. The number of unbranched alkanes of at least 4 members (excludes halogenated alkanes) is 1. The first-order valence-electron chi connectivity index (χ1n) is 6.59. The van der Waals surface area contributed by atoms with Crippen LogP contribution in [0.15, 0.2) is 0 Å². The highest BCUT2D eigenvalue weighted by molar-refractivity contribution is 5.75. The standard InChI is InChI=1S/C13H25NO2/c1-3-4-9-12(13(15)16-2)14-10-11-7-5-6-8-11/h11-12,14H,3-10H2,1-2H3. The second-order valence-electron chi connectivity index (χ2n) is 4.78. The normalized spacial score (nSPS) is 18.6. The van der Waals surface area contributed by atoms with Gasteiger partial charge in [0, 0.05) is 0 Å². The number of nitrogens with one attached hydrogen (secondary N) is 1. The summed E-state index contributed by atoms with van der Waals surface area (Å²) in [5.41, 5.74) is 0. The van der Waals surface area contributed by atoms with Gasteiger partial charge < -0.3 is 10.1 Å². The fraction of sp³-hybridized carbons (Fsp3) is 0.923. The molecule has 94 valence electrons. The van der Waals surface area contributed by atoms with Crippen LogP contribution in [-0.4, -0.2) is 25.7 Å². The van der Waals surface area contributed by atoms with Crippen LogP contribution in [0.2, 0.25) is 0 Å². The second-order valence-corrected chi connectivity index (χ2v) is 4.78. The van der Waals surface area contributed by atoms with Crippen LogP contribution in [-0.2, 0) is 9.53 Å². The molecule has 0 spiro atoms. The first kappa shape index (κ1) is 13.5. The fourth-order valence-electron chi connectivity index (χ4n) is 2.38. The predicted molar refractivity (Wildman–Crippen MR) is 65.3 cm³/mol. The molecule has 0 heterocycles. The summed E-state index contributed by atoms with van der Waals surface area (Å²) in [7, 11) is 1.47. The van der Waals surface area contributed by atoms with Crippen molar-refractivity contribution < 1.29 is 9.53 Å². The molecule has 1 aliphatic rings. The van der Waals surface area contributed by atoms with Crippen LogP contribution < -0.4 is 5.32 Å². The topological polar surface area (TPSA) is 38.3 Å². The maximum Gasteiger partial charge on any atom is 0.322 e. The largest absolute Gasteiger partial charge is 0.468 e. The molecule has 0 radical (unpaired) electrons. The molecular formula is C13H25NO2. The summed E-state index contributed by atoms with van der Waals surface area (Å²) in [4.78, 5) is 11.5. The zero-order valence-corrected chi connectivity index (χ0v) is 10.6. The van der Waals surface area contributed by atoms with Crippen molar-refractivity contribution in [3.05, 3.63) is 0 Å². The lowest BCUT2D eigenvalue weighted by atomic mass is 10.1. The Hall–Kier alpha value is -0.570. The number of hydrogen-bond acceptors (Lipinski definition) is 3. The van der Waals surface area contributed by atoms with E-state index in [-0.39, 0.29) is 12.0 Å². The minimum atomic E-state index is -0.105. The number of ether oxygens (including phenoxy) is 1. The lowest BCUT2D eigenvalue weighted by Gasteiger charge is -2.18. The number of methoxy groups -OCH3 is 1. The van der Waals surface area contributed by atoms with Crippen molar-refractivity contribution in [1.82, 2.24) is 5.32 Å². The molecule has 0 bridgehead atoms. The Morgan fingerprint density at radius 2 is 2.12 bits per heavy atom. The van der Waals surface area contributed by atoms with E-state index in [9.17, 15) is 4.79 Å². The molecule has 1 aliphatic carbocycles. The van der Waals surface area contributed by atoms with Gasteiger partial charge in [0.05, 0.1) is 7.11 Å². The Bertz CT molecular complexity index is 200. The van der Waals surface area contributed by atoms with Gasteiger partial charge in [0.15, 0.2) is 0 Å². The molecular weight excluding hydrogens is 202 g/mol. The summed E-state index contributed by atoms with van der Waals surface area (Å²) in [6.45, 7) is 3.12. The molecule has 0 amide bonds. The van der Waals surface area contributed by atoms with Gasteiger partial charge in [-0.2, -0.15) is 0 Å². The van der Waals surface area contributed by atoms with Crippen molar-refractivity contribution >= 4 is 5.97 Å². The van der Waals surface area contributed by atoms with E-state index in [2.05, 4.69) is 12.2 Å². The van der Waals surface area contributed by atoms with Gasteiger partial charge in [-0.25, -0.2) is 0 Å². The number of esters is 1. The van der Waals surface area contributed by atoms with Crippen molar-refractivity contribution in [2.75, 3.05) is 13.7 Å². The summed E-state index contributed by atoms with van der Waals surface area (Å²) >= 11 is 0. The lowest BCUT2D eigenvalue weighted by Crippen LogP contribution is -2.39. The molecule has 0 aromatic carbocycles. The molecule has 1 saturated carbocycles. The van der Waals surface area contributed by atoms with Gasteiger partial charge in [-0.1, -0.05) is 32.6 Å². The van der Waals surface area contributed by atoms with Crippen molar-refractivity contribution in [3.63, 3.8) is 0 Å².